The Morgan fingerprint density at radius 2 is 1.93 bits per heavy atom. The van der Waals surface area contributed by atoms with Crippen molar-refractivity contribution in [2.75, 3.05) is 25.0 Å². The number of amides is 1. The number of nitrogens with zero attached hydrogens (tertiary/aromatic N) is 2. The maximum Gasteiger partial charge on any atom is 0.586 e. The SMILES string of the molecule is CCOC(=O)c1[nH]cc2c1NC1=C(C(=O)CN(C(=O)OC(C)(C)C)C1)C2c1ccc(Sc2nc3cc4c(cc3[nH]2)OC(F)(F)O4)o1. The quantitative estimate of drug-likeness (QED) is 0.224. The number of ketones is 1. The van der Waals surface area contributed by atoms with Gasteiger partial charge in [0.05, 0.1) is 42.3 Å². The summed E-state index contributed by atoms with van der Waals surface area (Å²) < 4.78 is 52.9. The number of furan rings is 1. The predicted molar refractivity (Wildman–Crippen MR) is 157 cm³/mol. The van der Waals surface area contributed by atoms with Crippen molar-refractivity contribution in [2.45, 2.75) is 55.8 Å². The number of nitrogens with one attached hydrogen (secondary N) is 3. The van der Waals surface area contributed by atoms with Crippen molar-refractivity contribution in [3.63, 3.8) is 0 Å². The van der Waals surface area contributed by atoms with E-state index in [1.165, 1.54) is 17.0 Å². The fourth-order valence-electron chi connectivity index (χ4n) is 5.54. The van der Waals surface area contributed by atoms with Crippen LogP contribution in [0.15, 0.2) is 56.4 Å². The summed E-state index contributed by atoms with van der Waals surface area (Å²) in [6.45, 7) is 6.89. The number of alkyl halides is 2. The van der Waals surface area contributed by atoms with Gasteiger partial charge in [-0.2, -0.15) is 0 Å². The zero-order valence-corrected chi connectivity index (χ0v) is 25.7. The molecule has 6 heterocycles. The Balaban J connectivity index is 1.21. The van der Waals surface area contributed by atoms with Crippen LogP contribution in [0.4, 0.5) is 19.3 Å². The average molecular weight is 656 g/mol. The Hall–Kier alpha value is -4.99. The smallest absolute Gasteiger partial charge is 0.461 e. The lowest BCUT2D eigenvalue weighted by molar-refractivity contribution is -0.286. The van der Waals surface area contributed by atoms with Gasteiger partial charge in [-0.1, -0.05) is 0 Å². The molecule has 3 aromatic heterocycles. The van der Waals surface area contributed by atoms with Crippen molar-refractivity contribution in [2.24, 2.45) is 0 Å². The number of carbonyl (C=O) groups excluding carboxylic acids is 3. The number of H-pyrrole nitrogens is 2. The van der Waals surface area contributed by atoms with E-state index in [4.69, 9.17) is 13.9 Å². The fraction of sp³-hybridized carbons (Fsp3) is 0.333. The second-order valence-corrected chi connectivity index (χ2v) is 12.7. The van der Waals surface area contributed by atoms with Crippen LogP contribution in [0.3, 0.4) is 0 Å². The second kappa shape index (κ2) is 10.5. The highest BCUT2D eigenvalue weighted by Crippen LogP contribution is 2.47. The molecule has 3 aliphatic rings. The third-order valence-corrected chi connectivity index (χ3v) is 8.10. The van der Waals surface area contributed by atoms with Gasteiger partial charge >= 0.3 is 18.4 Å². The molecule has 3 N–H and O–H groups in total. The molecule has 13 nitrogen and oxygen atoms in total. The number of anilines is 1. The van der Waals surface area contributed by atoms with E-state index >= 15 is 0 Å². The first-order valence-corrected chi connectivity index (χ1v) is 15.1. The fourth-order valence-corrected chi connectivity index (χ4v) is 6.31. The van der Waals surface area contributed by atoms with Crippen molar-refractivity contribution in [3.8, 4) is 11.5 Å². The van der Waals surface area contributed by atoms with Crippen LogP contribution in [0.5, 0.6) is 11.5 Å². The molecule has 240 valence electrons. The maximum atomic E-state index is 13.7. The highest BCUT2D eigenvalue weighted by Gasteiger charge is 2.44. The van der Waals surface area contributed by atoms with Crippen LogP contribution in [0, 0.1) is 0 Å². The molecule has 16 heteroatoms. The van der Waals surface area contributed by atoms with Crippen LogP contribution >= 0.6 is 11.8 Å². The Kier molecular flexibility index (Phi) is 6.81. The van der Waals surface area contributed by atoms with Crippen LogP contribution < -0.4 is 14.8 Å². The van der Waals surface area contributed by atoms with E-state index in [2.05, 4.69) is 29.7 Å². The van der Waals surface area contributed by atoms with E-state index < -0.39 is 29.9 Å². The Morgan fingerprint density at radius 3 is 2.67 bits per heavy atom. The number of aromatic amines is 2. The van der Waals surface area contributed by atoms with Gasteiger partial charge in [0.2, 0.25) is 0 Å². The number of esters is 1. The number of ether oxygens (including phenoxy) is 4. The molecule has 1 aromatic carbocycles. The molecule has 0 radical (unpaired) electrons. The van der Waals surface area contributed by atoms with Gasteiger partial charge in [0.15, 0.2) is 27.5 Å². The average Bonchev–Trinajstić information content (AvgIpc) is 3.73. The number of halogens is 2. The molecule has 1 amide bonds. The van der Waals surface area contributed by atoms with Gasteiger partial charge in [0.1, 0.15) is 17.1 Å². The third-order valence-electron chi connectivity index (χ3n) is 7.29. The molecule has 3 aliphatic heterocycles. The first kappa shape index (κ1) is 29.7. The summed E-state index contributed by atoms with van der Waals surface area (Å²) in [5, 5.41) is 4.02. The van der Waals surface area contributed by atoms with Crippen LogP contribution in [0.25, 0.3) is 11.0 Å². The van der Waals surface area contributed by atoms with Gasteiger partial charge < -0.3 is 38.6 Å². The Bertz CT molecular complexity index is 1910. The molecule has 0 aliphatic carbocycles. The van der Waals surface area contributed by atoms with Gasteiger partial charge in [0.25, 0.3) is 0 Å². The van der Waals surface area contributed by atoms with Crippen molar-refractivity contribution < 1.29 is 46.5 Å². The van der Waals surface area contributed by atoms with Gasteiger partial charge in [-0.3, -0.25) is 9.69 Å². The molecule has 0 bridgehead atoms. The second-order valence-electron chi connectivity index (χ2n) is 11.7. The van der Waals surface area contributed by atoms with Crippen molar-refractivity contribution in [1.82, 2.24) is 19.9 Å². The summed E-state index contributed by atoms with van der Waals surface area (Å²) in [5.74, 6) is -1.45. The molecule has 0 saturated carbocycles. The molecule has 1 unspecified atom stereocenters. The third kappa shape index (κ3) is 5.31. The summed E-state index contributed by atoms with van der Waals surface area (Å²) in [6.07, 6.45) is -2.76. The number of carbonyl (C=O) groups is 3. The summed E-state index contributed by atoms with van der Waals surface area (Å²) in [6, 6.07) is 6.16. The standard InChI is InChI=1S/C30H27F2N5O8S/c1-5-41-26(39)25-24-13(10-33-25)22(23-16(34-24)11-37(12-17(23)38)28(40)45-29(2,3)4)18-6-7-21(42-18)46-27-35-14-8-19-20(9-15(14)36-27)44-30(31,32)43-19/h6-10,22,33-34H,5,11-12H2,1-4H3,(H,35,36). The zero-order chi connectivity index (χ0) is 32.5. The first-order chi connectivity index (χ1) is 21.8. The van der Waals surface area contributed by atoms with Crippen molar-refractivity contribution in [3.05, 3.63) is 58.8 Å². The van der Waals surface area contributed by atoms with Gasteiger partial charge in [0, 0.05) is 35.2 Å². The normalized spacial score (nSPS) is 18.3. The number of rotatable bonds is 5. The predicted octanol–water partition coefficient (Wildman–Crippen LogP) is 5.76. The number of Topliss-reactive ketones (excluding diaryl/α,β-unsaturated/α-hetero) is 1. The first-order valence-electron chi connectivity index (χ1n) is 14.3. The number of hydrogen-bond acceptors (Lipinski definition) is 11. The van der Waals surface area contributed by atoms with E-state index in [1.807, 2.05) is 0 Å². The Labute approximate surface area is 263 Å². The summed E-state index contributed by atoms with van der Waals surface area (Å²) in [5.41, 5.74) is 2.05. The minimum Gasteiger partial charge on any atom is -0.461 e. The lowest BCUT2D eigenvalue weighted by Crippen LogP contribution is -2.47. The van der Waals surface area contributed by atoms with E-state index in [0.29, 0.717) is 49.6 Å². The van der Waals surface area contributed by atoms with Crippen LogP contribution in [0.1, 0.15) is 55.4 Å². The summed E-state index contributed by atoms with van der Waals surface area (Å²) >= 11 is 1.14. The highest BCUT2D eigenvalue weighted by molar-refractivity contribution is 7.99. The molecule has 0 spiro atoms. The van der Waals surface area contributed by atoms with Crippen molar-refractivity contribution >= 4 is 46.3 Å². The maximum absolute atomic E-state index is 13.7. The minimum absolute atomic E-state index is 0.0318. The summed E-state index contributed by atoms with van der Waals surface area (Å²) in [4.78, 5) is 51.2. The van der Waals surface area contributed by atoms with Crippen LogP contribution in [0.2, 0.25) is 0 Å². The van der Waals surface area contributed by atoms with Crippen LogP contribution in [-0.2, 0) is 14.3 Å². The molecule has 0 fully saturated rings. The minimum atomic E-state index is -3.74. The van der Waals surface area contributed by atoms with Crippen LogP contribution in [-0.4, -0.2) is 69.3 Å². The molecule has 4 aromatic rings. The molecule has 0 saturated heterocycles. The summed E-state index contributed by atoms with van der Waals surface area (Å²) in [7, 11) is 0. The molecule has 7 rings (SSSR count). The lowest BCUT2D eigenvalue weighted by atomic mass is 9.81. The zero-order valence-electron chi connectivity index (χ0n) is 24.9. The largest absolute Gasteiger partial charge is 0.586 e. The Morgan fingerprint density at radius 1 is 1.17 bits per heavy atom. The number of hydrogen-bond donors (Lipinski definition) is 3. The van der Waals surface area contributed by atoms with Gasteiger partial charge in [-0.15, -0.1) is 8.78 Å². The molecule has 46 heavy (non-hydrogen) atoms. The van der Waals surface area contributed by atoms with E-state index in [9.17, 15) is 23.2 Å². The molecular weight excluding hydrogens is 628 g/mol. The monoisotopic (exact) mass is 655 g/mol. The molecule has 1 atom stereocenters. The van der Waals surface area contributed by atoms with E-state index in [0.717, 1.165) is 11.8 Å². The van der Waals surface area contributed by atoms with Gasteiger partial charge in [-0.05, 0) is 51.6 Å². The number of aromatic nitrogens is 3. The number of imidazole rings is 1. The number of benzene rings is 1. The van der Waals surface area contributed by atoms with Gasteiger partial charge in [-0.25, -0.2) is 14.6 Å². The topological polar surface area (TPSA) is 161 Å². The van der Waals surface area contributed by atoms with Crippen molar-refractivity contribution in [1.29, 1.82) is 0 Å². The molecular formula is C30H27F2N5O8S. The number of fused-ring (bicyclic) bond motifs is 3. The highest BCUT2D eigenvalue weighted by atomic mass is 32.2. The van der Waals surface area contributed by atoms with E-state index in [1.54, 1.807) is 46.0 Å². The van der Waals surface area contributed by atoms with E-state index in [-0.39, 0.29) is 42.7 Å². The lowest BCUT2D eigenvalue weighted by Gasteiger charge is -2.36.